The summed E-state index contributed by atoms with van der Waals surface area (Å²) in [5.74, 6) is -0.644. The van der Waals surface area contributed by atoms with E-state index in [0.717, 1.165) is 25.5 Å². The first-order valence-corrected chi connectivity index (χ1v) is 6.34. The zero-order chi connectivity index (χ0) is 13.8. The lowest BCUT2D eigenvalue weighted by Crippen LogP contribution is -2.40. The fraction of sp³-hybridized carbons (Fsp3) is 0.429. The molecule has 1 aliphatic heterocycles. The Kier molecular flexibility index (Phi) is 4.13. The maximum absolute atomic E-state index is 13.0. The van der Waals surface area contributed by atoms with Crippen LogP contribution in [0.3, 0.4) is 0 Å². The van der Waals surface area contributed by atoms with E-state index in [-0.39, 0.29) is 17.4 Å². The molecule has 1 aromatic carbocycles. The number of rotatable bonds is 2. The van der Waals surface area contributed by atoms with Gasteiger partial charge in [0.15, 0.2) is 0 Å². The Hall–Kier alpha value is -1.93. The molecule has 5 heteroatoms. The van der Waals surface area contributed by atoms with E-state index >= 15 is 0 Å². The molecule has 2 unspecified atom stereocenters. The first-order chi connectivity index (χ1) is 9.10. The fourth-order valence-corrected chi connectivity index (χ4v) is 2.32. The zero-order valence-electron chi connectivity index (χ0n) is 10.7. The van der Waals surface area contributed by atoms with Crippen LogP contribution in [0.25, 0.3) is 0 Å². The minimum Gasteiger partial charge on any atom is -0.325 e. The summed E-state index contributed by atoms with van der Waals surface area (Å²) in [4.78, 5) is 12.1. The summed E-state index contributed by atoms with van der Waals surface area (Å²) in [6, 6.07) is 5.99. The van der Waals surface area contributed by atoms with Gasteiger partial charge in [0.1, 0.15) is 11.9 Å². The van der Waals surface area contributed by atoms with Gasteiger partial charge in [0.25, 0.3) is 0 Å². The molecule has 1 saturated heterocycles. The molecule has 0 aliphatic carbocycles. The number of piperidine rings is 1. The highest BCUT2D eigenvalue weighted by Gasteiger charge is 2.25. The number of hydrogen-bond donors (Lipinski definition) is 2. The number of carbonyl (C=O) groups is 1. The van der Waals surface area contributed by atoms with Gasteiger partial charge in [-0.25, -0.2) is 4.39 Å². The van der Waals surface area contributed by atoms with Gasteiger partial charge in [-0.15, -0.1) is 0 Å². The second-order valence-electron chi connectivity index (χ2n) is 4.87. The van der Waals surface area contributed by atoms with Crippen LogP contribution in [-0.2, 0) is 4.79 Å². The van der Waals surface area contributed by atoms with E-state index in [1.807, 2.05) is 13.0 Å². The average Bonchev–Trinajstić information content (AvgIpc) is 2.40. The number of hydrogen-bond acceptors (Lipinski definition) is 3. The number of nitrogens with zero attached hydrogens (tertiary/aromatic N) is 1. The van der Waals surface area contributed by atoms with Gasteiger partial charge >= 0.3 is 0 Å². The molecule has 2 N–H and O–H groups in total. The lowest BCUT2D eigenvalue weighted by atomic mass is 9.92. The zero-order valence-corrected chi connectivity index (χ0v) is 10.7. The SMILES string of the molecule is CC1CC(C(=O)Nc2ccc(F)cc2C#N)CCN1. The van der Waals surface area contributed by atoms with Crippen molar-refractivity contribution in [3.8, 4) is 6.07 Å². The average molecular weight is 261 g/mol. The molecule has 0 aromatic heterocycles. The van der Waals surface area contributed by atoms with Crippen molar-refractivity contribution in [2.45, 2.75) is 25.8 Å². The van der Waals surface area contributed by atoms with E-state index in [4.69, 9.17) is 5.26 Å². The molecule has 2 atom stereocenters. The van der Waals surface area contributed by atoms with Crippen molar-refractivity contribution in [2.75, 3.05) is 11.9 Å². The summed E-state index contributed by atoms with van der Waals surface area (Å²) >= 11 is 0. The molecule has 0 radical (unpaired) electrons. The van der Waals surface area contributed by atoms with E-state index < -0.39 is 5.82 Å². The molecule has 100 valence electrons. The maximum Gasteiger partial charge on any atom is 0.227 e. The first kappa shape index (κ1) is 13.5. The summed E-state index contributed by atoms with van der Waals surface area (Å²) in [6.07, 6.45) is 1.55. The molecule has 19 heavy (non-hydrogen) atoms. The van der Waals surface area contributed by atoms with Crippen molar-refractivity contribution in [1.82, 2.24) is 5.32 Å². The third-order valence-corrected chi connectivity index (χ3v) is 3.35. The Balaban J connectivity index is 2.08. The van der Waals surface area contributed by atoms with Crippen LogP contribution in [0.1, 0.15) is 25.3 Å². The van der Waals surface area contributed by atoms with E-state index in [2.05, 4.69) is 10.6 Å². The molecule has 4 nitrogen and oxygen atoms in total. The van der Waals surface area contributed by atoms with Crippen molar-refractivity contribution >= 4 is 11.6 Å². The molecule has 1 aliphatic rings. The Labute approximate surface area is 111 Å². The molecular weight excluding hydrogens is 245 g/mol. The van der Waals surface area contributed by atoms with E-state index in [9.17, 15) is 9.18 Å². The van der Waals surface area contributed by atoms with Gasteiger partial charge in [-0.2, -0.15) is 5.26 Å². The molecule has 0 spiro atoms. The Bertz CT molecular complexity index is 524. The van der Waals surface area contributed by atoms with Crippen LogP contribution in [0.15, 0.2) is 18.2 Å². The molecule has 0 bridgehead atoms. The van der Waals surface area contributed by atoms with Crippen LogP contribution in [0.5, 0.6) is 0 Å². The lowest BCUT2D eigenvalue weighted by molar-refractivity contribution is -0.120. The summed E-state index contributed by atoms with van der Waals surface area (Å²) in [5.41, 5.74) is 0.524. The highest BCUT2D eigenvalue weighted by molar-refractivity contribution is 5.93. The highest BCUT2D eigenvalue weighted by Crippen LogP contribution is 2.21. The third-order valence-electron chi connectivity index (χ3n) is 3.35. The van der Waals surface area contributed by atoms with E-state index in [0.29, 0.717) is 11.7 Å². The van der Waals surface area contributed by atoms with Crippen LogP contribution in [0.2, 0.25) is 0 Å². The molecule has 0 saturated carbocycles. The van der Waals surface area contributed by atoms with Gasteiger partial charge < -0.3 is 10.6 Å². The number of benzene rings is 1. The molecule has 1 amide bonds. The predicted octanol–water partition coefficient (Wildman–Crippen LogP) is 2.02. The van der Waals surface area contributed by atoms with Crippen LogP contribution in [0.4, 0.5) is 10.1 Å². The van der Waals surface area contributed by atoms with Crippen molar-refractivity contribution in [2.24, 2.45) is 5.92 Å². The van der Waals surface area contributed by atoms with Gasteiger partial charge in [-0.3, -0.25) is 4.79 Å². The second-order valence-corrected chi connectivity index (χ2v) is 4.87. The maximum atomic E-state index is 13.0. The fourth-order valence-electron chi connectivity index (χ4n) is 2.32. The Morgan fingerprint density at radius 1 is 1.58 bits per heavy atom. The second kappa shape index (κ2) is 5.81. The largest absolute Gasteiger partial charge is 0.325 e. The number of carbonyl (C=O) groups excluding carboxylic acids is 1. The van der Waals surface area contributed by atoms with Crippen LogP contribution >= 0.6 is 0 Å². The topological polar surface area (TPSA) is 64.9 Å². The number of nitriles is 1. The van der Waals surface area contributed by atoms with Gasteiger partial charge in [0.05, 0.1) is 11.3 Å². The summed E-state index contributed by atoms with van der Waals surface area (Å²) in [7, 11) is 0. The van der Waals surface area contributed by atoms with E-state index in [1.54, 1.807) is 0 Å². The van der Waals surface area contributed by atoms with Crippen molar-refractivity contribution in [3.05, 3.63) is 29.6 Å². The number of anilines is 1. The molecular formula is C14H16FN3O. The summed E-state index contributed by atoms with van der Waals surface area (Å²) < 4.78 is 13.0. The first-order valence-electron chi connectivity index (χ1n) is 6.34. The van der Waals surface area contributed by atoms with Crippen molar-refractivity contribution in [3.63, 3.8) is 0 Å². The van der Waals surface area contributed by atoms with Gasteiger partial charge in [0.2, 0.25) is 5.91 Å². The third kappa shape index (κ3) is 3.30. The van der Waals surface area contributed by atoms with Crippen LogP contribution in [0, 0.1) is 23.1 Å². The normalized spacial score (nSPS) is 22.6. The molecule has 2 rings (SSSR count). The smallest absolute Gasteiger partial charge is 0.227 e. The monoisotopic (exact) mass is 261 g/mol. The van der Waals surface area contributed by atoms with Crippen molar-refractivity contribution in [1.29, 1.82) is 5.26 Å². The highest BCUT2D eigenvalue weighted by atomic mass is 19.1. The summed E-state index contributed by atoms with van der Waals surface area (Å²) in [5, 5.41) is 14.9. The molecule has 1 heterocycles. The van der Waals surface area contributed by atoms with Crippen LogP contribution in [-0.4, -0.2) is 18.5 Å². The number of nitrogens with one attached hydrogen (secondary N) is 2. The number of amides is 1. The van der Waals surface area contributed by atoms with Gasteiger partial charge in [-0.1, -0.05) is 0 Å². The molecule has 1 aromatic rings. The Morgan fingerprint density at radius 2 is 2.37 bits per heavy atom. The van der Waals surface area contributed by atoms with Crippen molar-refractivity contribution < 1.29 is 9.18 Å². The number of halogens is 1. The summed E-state index contributed by atoms with van der Waals surface area (Å²) in [6.45, 7) is 2.85. The Morgan fingerprint density at radius 3 is 3.05 bits per heavy atom. The molecule has 1 fully saturated rings. The lowest BCUT2D eigenvalue weighted by Gasteiger charge is -2.27. The van der Waals surface area contributed by atoms with E-state index in [1.165, 1.54) is 12.1 Å². The van der Waals surface area contributed by atoms with Gasteiger partial charge in [-0.05, 0) is 44.5 Å². The predicted molar refractivity (Wildman–Crippen MR) is 69.9 cm³/mol. The standard InChI is InChI=1S/C14H16FN3O/c1-9-6-10(4-5-17-9)14(19)18-13-3-2-12(15)7-11(13)8-16/h2-3,7,9-10,17H,4-6H2,1H3,(H,18,19). The minimum atomic E-state index is -0.481. The van der Waals surface area contributed by atoms with Crippen LogP contribution < -0.4 is 10.6 Å². The van der Waals surface area contributed by atoms with Gasteiger partial charge in [0, 0.05) is 12.0 Å². The quantitative estimate of drug-likeness (QED) is 0.856. The minimum absolute atomic E-state index is 0.0622.